The monoisotopic (exact) mass is 381 g/mol. The van der Waals surface area contributed by atoms with Gasteiger partial charge in [-0.25, -0.2) is 4.98 Å². The molecular weight excluding hydrogens is 362 g/mol. The van der Waals surface area contributed by atoms with Gasteiger partial charge in [0, 0.05) is 41.9 Å². The van der Waals surface area contributed by atoms with Crippen LogP contribution in [-0.4, -0.2) is 41.2 Å². The second-order valence-electron chi connectivity index (χ2n) is 6.54. The number of morpholine rings is 1. The van der Waals surface area contributed by atoms with Crippen LogP contribution in [-0.2, 0) is 11.3 Å². The fourth-order valence-corrected chi connectivity index (χ4v) is 3.42. The van der Waals surface area contributed by atoms with Crippen LogP contribution in [0.2, 0.25) is 5.02 Å². The lowest BCUT2D eigenvalue weighted by Crippen LogP contribution is -2.35. The van der Waals surface area contributed by atoms with Crippen LogP contribution in [0.1, 0.15) is 5.56 Å². The summed E-state index contributed by atoms with van der Waals surface area (Å²) in [7, 11) is 0. The number of benzene rings is 2. The Bertz CT molecular complexity index is 979. The van der Waals surface area contributed by atoms with E-state index in [1.165, 1.54) is 11.6 Å². The summed E-state index contributed by atoms with van der Waals surface area (Å²) in [5.74, 6) is 0.537. The van der Waals surface area contributed by atoms with E-state index in [0.717, 1.165) is 44.0 Å². The number of halogens is 1. The molecule has 1 aliphatic heterocycles. The average Bonchev–Trinajstić information content (AvgIpc) is 2.69. The zero-order valence-electron chi connectivity index (χ0n) is 14.8. The van der Waals surface area contributed by atoms with Gasteiger partial charge in [0.15, 0.2) is 0 Å². The molecule has 0 spiro atoms. The topological polar surface area (TPSA) is 58.2 Å². The molecule has 4 rings (SSSR count). The van der Waals surface area contributed by atoms with Crippen LogP contribution in [0.5, 0.6) is 0 Å². The van der Waals surface area contributed by atoms with Crippen molar-refractivity contribution in [2.75, 3.05) is 26.3 Å². The molecule has 3 aromatic rings. The molecule has 0 amide bonds. The number of aromatic amines is 1. The summed E-state index contributed by atoms with van der Waals surface area (Å²) in [6.45, 7) is 4.39. The van der Waals surface area contributed by atoms with Crippen LogP contribution >= 0.6 is 11.6 Å². The van der Waals surface area contributed by atoms with Gasteiger partial charge in [0.1, 0.15) is 5.82 Å². The van der Waals surface area contributed by atoms with E-state index in [4.69, 9.17) is 16.3 Å². The maximum Gasteiger partial charge on any atom is 0.251 e. The van der Waals surface area contributed by atoms with E-state index in [9.17, 15) is 4.79 Å². The predicted octanol–water partition coefficient (Wildman–Crippen LogP) is 3.59. The summed E-state index contributed by atoms with van der Waals surface area (Å²) < 4.78 is 5.39. The second kappa shape index (κ2) is 8.05. The lowest BCUT2D eigenvalue weighted by Gasteiger charge is -2.26. The van der Waals surface area contributed by atoms with Crippen LogP contribution in [0.15, 0.2) is 59.4 Å². The van der Waals surface area contributed by atoms with Crippen molar-refractivity contribution < 1.29 is 4.74 Å². The van der Waals surface area contributed by atoms with Crippen molar-refractivity contribution in [3.63, 3.8) is 0 Å². The molecule has 138 valence electrons. The summed E-state index contributed by atoms with van der Waals surface area (Å²) in [5.41, 5.74) is 3.21. The standard InChI is InChI=1S/C21H20ClN3O2/c22-18-4-2-1-3-17(18)19-13-20(26)24-21(23-19)16-7-5-15(6-8-16)14-25-9-11-27-12-10-25/h1-8,13H,9-12,14H2,(H,23,24,26). The predicted molar refractivity (Wildman–Crippen MR) is 107 cm³/mol. The molecule has 2 heterocycles. The third-order valence-electron chi connectivity index (χ3n) is 4.63. The molecule has 0 bridgehead atoms. The Morgan fingerprint density at radius 1 is 1.07 bits per heavy atom. The molecule has 0 unspecified atom stereocenters. The van der Waals surface area contributed by atoms with Gasteiger partial charge in [0.25, 0.3) is 5.56 Å². The molecule has 1 aromatic heterocycles. The third kappa shape index (κ3) is 4.27. The zero-order valence-corrected chi connectivity index (χ0v) is 15.6. The Kier molecular flexibility index (Phi) is 5.34. The number of ether oxygens (including phenoxy) is 1. The Labute approximate surface area is 162 Å². The Morgan fingerprint density at radius 3 is 2.56 bits per heavy atom. The SMILES string of the molecule is O=c1cc(-c2ccccc2Cl)nc(-c2ccc(CN3CCOCC3)cc2)[nH]1. The molecule has 0 radical (unpaired) electrons. The highest BCUT2D eigenvalue weighted by Crippen LogP contribution is 2.26. The van der Waals surface area contributed by atoms with E-state index in [0.29, 0.717) is 16.5 Å². The first-order valence-electron chi connectivity index (χ1n) is 8.95. The summed E-state index contributed by atoms with van der Waals surface area (Å²) in [6, 6.07) is 17.0. The van der Waals surface area contributed by atoms with Gasteiger partial charge in [-0.15, -0.1) is 0 Å². The maximum absolute atomic E-state index is 12.1. The summed E-state index contributed by atoms with van der Waals surface area (Å²) in [5, 5.41) is 0.572. The van der Waals surface area contributed by atoms with Gasteiger partial charge < -0.3 is 9.72 Å². The fraction of sp³-hybridized carbons (Fsp3) is 0.238. The number of rotatable bonds is 4. The van der Waals surface area contributed by atoms with Crippen molar-refractivity contribution in [3.8, 4) is 22.6 Å². The van der Waals surface area contributed by atoms with Crippen LogP contribution in [0, 0.1) is 0 Å². The summed E-state index contributed by atoms with van der Waals surface area (Å²) >= 11 is 6.26. The van der Waals surface area contributed by atoms with Crippen LogP contribution in [0.3, 0.4) is 0 Å². The second-order valence-corrected chi connectivity index (χ2v) is 6.95. The first kappa shape index (κ1) is 17.9. The molecule has 0 aliphatic carbocycles. The first-order chi connectivity index (χ1) is 13.2. The van der Waals surface area contributed by atoms with Gasteiger partial charge in [-0.05, 0) is 11.6 Å². The molecule has 0 saturated carbocycles. The number of nitrogens with one attached hydrogen (secondary N) is 1. The van der Waals surface area contributed by atoms with Gasteiger partial charge in [0.2, 0.25) is 0 Å². The fourth-order valence-electron chi connectivity index (χ4n) is 3.19. The number of H-pyrrole nitrogens is 1. The first-order valence-corrected chi connectivity index (χ1v) is 9.32. The van der Waals surface area contributed by atoms with E-state index in [1.54, 1.807) is 6.07 Å². The minimum atomic E-state index is -0.202. The van der Waals surface area contributed by atoms with Crippen LogP contribution in [0.25, 0.3) is 22.6 Å². The van der Waals surface area contributed by atoms with E-state index in [2.05, 4.69) is 27.0 Å². The van der Waals surface area contributed by atoms with Crippen LogP contribution in [0.4, 0.5) is 0 Å². The van der Waals surface area contributed by atoms with Crippen molar-refractivity contribution in [2.24, 2.45) is 0 Å². The van der Waals surface area contributed by atoms with E-state index >= 15 is 0 Å². The van der Waals surface area contributed by atoms with Gasteiger partial charge >= 0.3 is 0 Å². The molecule has 1 N–H and O–H groups in total. The van der Waals surface area contributed by atoms with Gasteiger partial charge in [-0.3, -0.25) is 9.69 Å². The molecule has 5 nitrogen and oxygen atoms in total. The molecular formula is C21H20ClN3O2. The molecule has 1 fully saturated rings. The number of hydrogen-bond acceptors (Lipinski definition) is 4. The Balaban J connectivity index is 1.60. The van der Waals surface area contributed by atoms with Crippen molar-refractivity contribution in [3.05, 3.63) is 75.5 Å². The largest absolute Gasteiger partial charge is 0.379 e. The van der Waals surface area contributed by atoms with Gasteiger partial charge in [-0.1, -0.05) is 54.1 Å². The maximum atomic E-state index is 12.1. The Morgan fingerprint density at radius 2 is 1.81 bits per heavy atom. The number of hydrogen-bond donors (Lipinski definition) is 1. The highest BCUT2D eigenvalue weighted by atomic mass is 35.5. The Hall–Kier alpha value is -2.47. The summed E-state index contributed by atoms with van der Waals surface area (Å²) in [4.78, 5) is 21.9. The number of nitrogens with zero attached hydrogens (tertiary/aromatic N) is 2. The van der Waals surface area contributed by atoms with Gasteiger partial charge in [-0.2, -0.15) is 0 Å². The average molecular weight is 382 g/mol. The smallest absolute Gasteiger partial charge is 0.251 e. The normalized spacial score (nSPS) is 15.0. The van der Waals surface area contributed by atoms with Gasteiger partial charge in [0.05, 0.1) is 18.9 Å². The molecule has 0 atom stereocenters. The van der Waals surface area contributed by atoms with Crippen LogP contribution < -0.4 is 5.56 Å². The van der Waals surface area contributed by atoms with Crippen molar-refractivity contribution in [1.29, 1.82) is 0 Å². The molecule has 6 heteroatoms. The molecule has 27 heavy (non-hydrogen) atoms. The van der Waals surface area contributed by atoms with Crippen molar-refractivity contribution in [2.45, 2.75) is 6.54 Å². The van der Waals surface area contributed by atoms with E-state index in [1.807, 2.05) is 30.3 Å². The zero-order chi connectivity index (χ0) is 18.6. The molecule has 1 aliphatic rings. The summed E-state index contributed by atoms with van der Waals surface area (Å²) in [6.07, 6.45) is 0. The van der Waals surface area contributed by atoms with E-state index < -0.39 is 0 Å². The third-order valence-corrected chi connectivity index (χ3v) is 4.96. The molecule has 2 aromatic carbocycles. The highest BCUT2D eigenvalue weighted by Gasteiger charge is 2.12. The minimum Gasteiger partial charge on any atom is -0.379 e. The van der Waals surface area contributed by atoms with Crippen molar-refractivity contribution >= 4 is 11.6 Å². The van der Waals surface area contributed by atoms with Crippen molar-refractivity contribution in [1.82, 2.24) is 14.9 Å². The quantitative estimate of drug-likeness (QED) is 0.750. The highest BCUT2D eigenvalue weighted by molar-refractivity contribution is 6.33. The lowest BCUT2D eigenvalue weighted by molar-refractivity contribution is 0.0342. The number of aromatic nitrogens is 2. The lowest BCUT2D eigenvalue weighted by atomic mass is 10.1. The minimum absolute atomic E-state index is 0.202. The molecule has 1 saturated heterocycles. The van der Waals surface area contributed by atoms with E-state index in [-0.39, 0.29) is 5.56 Å².